The van der Waals surface area contributed by atoms with Crippen molar-refractivity contribution < 1.29 is 22.7 Å². The van der Waals surface area contributed by atoms with Gasteiger partial charge in [-0.05, 0) is 87.6 Å². The van der Waals surface area contributed by atoms with Crippen molar-refractivity contribution in [1.82, 2.24) is 20.1 Å². The average molecular weight is 659 g/mol. The van der Waals surface area contributed by atoms with Crippen LogP contribution in [0.25, 0.3) is 22.2 Å². The number of nitrogens with zero attached hydrogens (tertiary/aromatic N) is 3. The number of fused-ring (bicyclic) bond motifs is 1. The highest BCUT2D eigenvalue weighted by Gasteiger charge is 2.31. The first-order valence-corrected chi connectivity index (χ1v) is 18.3. The second-order valence-corrected chi connectivity index (χ2v) is 15.0. The molecule has 0 unspecified atom stereocenters. The van der Waals surface area contributed by atoms with Crippen molar-refractivity contribution in [2.75, 3.05) is 32.4 Å². The maximum absolute atomic E-state index is 14.5. The number of piperidine rings is 2. The number of likely N-dealkylation sites (tertiary alicyclic amines) is 2. The Labute approximate surface area is 276 Å². The predicted octanol–water partition coefficient (Wildman–Crippen LogP) is 5.69. The Balaban J connectivity index is 1.45. The molecule has 4 aromatic rings. The van der Waals surface area contributed by atoms with E-state index in [-0.39, 0.29) is 22.9 Å². The van der Waals surface area contributed by atoms with Crippen molar-refractivity contribution in [2.45, 2.75) is 68.9 Å². The zero-order valence-corrected chi connectivity index (χ0v) is 27.8. The number of pyridine rings is 1. The fraction of sp³-hybridized carbons (Fsp3) is 0.405. The number of β-amino-alcohol motifs (C(OH)–C–C–N with tert-alkyl or cyclic N) is 1. The van der Waals surface area contributed by atoms with Gasteiger partial charge in [0, 0.05) is 41.9 Å². The quantitative estimate of drug-likeness (QED) is 0.238. The number of carbonyl (C=O) groups is 1. The Hall–Kier alpha value is -3.70. The lowest BCUT2D eigenvalue weighted by atomic mass is 9.93. The van der Waals surface area contributed by atoms with Gasteiger partial charge in [0.15, 0.2) is 9.84 Å². The maximum Gasteiger partial charge on any atom is 0.252 e. The average Bonchev–Trinajstić information content (AvgIpc) is 3.08. The number of aromatic nitrogens is 1. The Morgan fingerprint density at radius 2 is 1.79 bits per heavy atom. The van der Waals surface area contributed by atoms with E-state index in [1.165, 1.54) is 6.07 Å². The summed E-state index contributed by atoms with van der Waals surface area (Å²) >= 11 is 0. The molecule has 3 aromatic carbocycles. The molecule has 2 fully saturated rings. The van der Waals surface area contributed by atoms with E-state index in [2.05, 4.69) is 15.1 Å². The number of alkyl halides is 1. The summed E-state index contributed by atoms with van der Waals surface area (Å²) in [7, 11) is -3.57. The monoisotopic (exact) mass is 658 g/mol. The Morgan fingerprint density at radius 1 is 1.02 bits per heavy atom. The summed E-state index contributed by atoms with van der Waals surface area (Å²) in [6, 6.07) is 21.6. The van der Waals surface area contributed by atoms with Crippen molar-refractivity contribution in [3.63, 3.8) is 0 Å². The van der Waals surface area contributed by atoms with Crippen molar-refractivity contribution in [3.05, 3.63) is 95.1 Å². The Bertz CT molecular complexity index is 1840. The van der Waals surface area contributed by atoms with Crippen molar-refractivity contribution >= 4 is 26.6 Å². The number of rotatable bonds is 9. The van der Waals surface area contributed by atoms with E-state index in [0.29, 0.717) is 58.0 Å². The van der Waals surface area contributed by atoms with E-state index in [1.807, 2.05) is 43.3 Å². The lowest BCUT2D eigenvalue weighted by Crippen LogP contribution is -2.49. The molecule has 0 bridgehead atoms. The van der Waals surface area contributed by atoms with E-state index in [9.17, 15) is 22.7 Å². The number of carbonyl (C=O) groups excluding carboxylic acids is 1. The lowest BCUT2D eigenvalue weighted by molar-refractivity contribution is 0.0243. The SMILES string of the molecule is C[C@H](NC(=O)c1c(CN2CCC(N3CCC[C@@H](O)C3)CC2)c(-c2cccc(CF)c2)nc2ccc(S(C)(=O)=O)cc12)c1ccccc1. The van der Waals surface area contributed by atoms with E-state index in [4.69, 9.17) is 4.98 Å². The van der Waals surface area contributed by atoms with Gasteiger partial charge in [0.25, 0.3) is 5.91 Å². The molecule has 2 atom stereocenters. The summed E-state index contributed by atoms with van der Waals surface area (Å²) in [5.41, 5.74) is 4.29. The third kappa shape index (κ3) is 7.56. The summed E-state index contributed by atoms with van der Waals surface area (Å²) in [5, 5.41) is 13.9. The van der Waals surface area contributed by atoms with Crippen molar-refractivity contribution in [2.24, 2.45) is 0 Å². The number of hydrogen-bond acceptors (Lipinski definition) is 7. The van der Waals surface area contributed by atoms with Crippen LogP contribution >= 0.6 is 0 Å². The molecule has 6 rings (SSSR count). The van der Waals surface area contributed by atoms with Crippen LogP contribution in [0.2, 0.25) is 0 Å². The normalized spacial score (nSPS) is 19.1. The van der Waals surface area contributed by atoms with Crippen LogP contribution in [0.1, 0.15) is 65.7 Å². The molecule has 0 aliphatic carbocycles. The first-order chi connectivity index (χ1) is 22.6. The summed E-state index contributed by atoms with van der Waals surface area (Å²) in [6.45, 7) is 5.01. The lowest BCUT2D eigenvalue weighted by Gasteiger charge is -2.41. The van der Waals surface area contributed by atoms with Gasteiger partial charge in [0.1, 0.15) is 6.67 Å². The molecule has 3 heterocycles. The van der Waals surface area contributed by atoms with E-state index >= 15 is 0 Å². The predicted molar refractivity (Wildman–Crippen MR) is 183 cm³/mol. The minimum absolute atomic E-state index is 0.111. The van der Waals surface area contributed by atoms with Gasteiger partial charge in [-0.1, -0.05) is 48.5 Å². The van der Waals surface area contributed by atoms with Gasteiger partial charge >= 0.3 is 0 Å². The van der Waals surface area contributed by atoms with Crippen LogP contribution in [0.15, 0.2) is 77.7 Å². The maximum atomic E-state index is 14.5. The van der Waals surface area contributed by atoms with Crippen molar-refractivity contribution in [1.29, 1.82) is 0 Å². The zero-order valence-electron chi connectivity index (χ0n) is 27.0. The molecule has 2 aliphatic rings. The van der Waals surface area contributed by atoms with Gasteiger partial charge in [0.05, 0.1) is 33.8 Å². The third-order valence-corrected chi connectivity index (χ3v) is 10.7. The van der Waals surface area contributed by atoms with Crippen LogP contribution in [0, 0.1) is 0 Å². The minimum atomic E-state index is -3.57. The second-order valence-electron chi connectivity index (χ2n) is 13.0. The van der Waals surface area contributed by atoms with Crippen LogP contribution in [-0.2, 0) is 23.1 Å². The summed E-state index contributed by atoms with van der Waals surface area (Å²) in [6.07, 6.45) is 4.61. The number of aliphatic hydroxyl groups is 1. The molecule has 47 heavy (non-hydrogen) atoms. The Morgan fingerprint density at radius 3 is 2.49 bits per heavy atom. The van der Waals surface area contributed by atoms with Gasteiger partial charge in [-0.15, -0.1) is 0 Å². The fourth-order valence-corrected chi connectivity index (χ4v) is 7.69. The molecular weight excluding hydrogens is 615 g/mol. The molecule has 0 saturated carbocycles. The van der Waals surface area contributed by atoms with Gasteiger partial charge in [-0.2, -0.15) is 0 Å². The van der Waals surface area contributed by atoms with Crippen molar-refractivity contribution in [3.8, 4) is 11.3 Å². The van der Waals surface area contributed by atoms with Crippen LogP contribution in [-0.4, -0.2) is 78.8 Å². The van der Waals surface area contributed by atoms with Gasteiger partial charge in [0.2, 0.25) is 0 Å². The highest BCUT2D eigenvalue weighted by atomic mass is 32.2. The molecule has 248 valence electrons. The Kier molecular flexibility index (Phi) is 10.0. The smallest absolute Gasteiger partial charge is 0.252 e. The second kappa shape index (κ2) is 14.2. The molecule has 1 aromatic heterocycles. The van der Waals surface area contributed by atoms with Gasteiger partial charge in [-0.25, -0.2) is 17.8 Å². The minimum Gasteiger partial charge on any atom is -0.392 e. The number of hydrogen-bond donors (Lipinski definition) is 2. The zero-order chi connectivity index (χ0) is 33.1. The molecule has 2 N–H and O–H groups in total. The van der Waals surface area contributed by atoms with Crippen LogP contribution < -0.4 is 5.32 Å². The van der Waals surface area contributed by atoms with Crippen LogP contribution in [0.3, 0.4) is 0 Å². The summed E-state index contributed by atoms with van der Waals surface area (Å²) < 4.78 is 39.2. The largest absolute Gasteiger partial charge is 0.392 e. The van der Waals surface area contributed by atoms with E-state index in [0.717, 1.165) is 57.1 Å². The number of amides is 1. The molecule has 0 spiro atoms. The number of benzene rings is 3. The number of aliphatic hydroxyl groups excluding tert-OH is 1. The van der Waals surface area contributed by atoms with Gasteiger partial charge in [-0.3, -0.25) is 14.6 Å². The number of sulfone groups is 1. The molecule has 10 heteroatoms. The topological polar surface area (TPSA) is 103 Å². The summed E-state index contributed by atoms with van der Waals surface area (Å²) in [5.74, 6) is -0.325. The molecule has 2 aliphatic heterocycles. The first-order valence-electron chi connectivity index (χ1n) is 16.4. The van der Waals surface area contributed by atoms with Crippen LogP contribution in [0.5, 0.6) is 0 Å². The van der Waals surface area contributed by atoms with E-state index in [1.54, 1.807) is 30.3 Å². The molecule has 0 radical (unpaired) electrons. The summed E-state index contributed by atoms with van der Waals surface area (Å²) in [4.78, 5) is 24.3. The third-order valence-electron chi connectivity index (χ3n) is 9.60. The van der Waals surface area contributed by atoms with Gasteiger partial charge < -0.3 is 10.4 Å². The molecular formula is C37H43FN4O4S. The first kappa shape index (κ1) is 33.2. The highest BCUT2D eigenvalue weighted by Crippen LogP contribution is 2.35. The standard InChI is InChI=1S/C37H43FN4O4S/c1-25(27-9-4-3-5-10-27)39-37(44)35-32-21-31(47(2,45)46)13-14-34(32)40-36(28-11-6-8-26(20-28)22-38)33(35)24-41-18-15-29(16-19-41)42-17-7-12-30(43)23-42/h3-6,8-11,13-14,20-21,25,29-30,43H,7,12,15-19,22-24H2,1-2H3,(H,39,44)/t25-,30+/m0/s1. The fourth-order valence-electron chi connectivity index (χ4n) is 7.04. The van der Waals surface area contributed by atoms with E-state index < -0.39 is 16.5 Å². The number of nitrogens with one attached hydrogen (secondary N) is 1. The molecule has 1 amide bonds. The van der Waals surface area contributed by atoms with Crippen LogP contribution in [0.4, 0.5) is 4.39 Å². The molecule has 2 saturated heterocycles. The number of halogens is 1. The molecule has 8 nitrogen and oxygen atoms in total. The highest BCUT2D eigenvalue weighted by molar-refractivity contribution is 7.90.